The minimum atomic E-state index is -0.355. The quantitative estimate of drug-likeness (QED) is 0.172. The van der Waals surface area contributed by atoms with Crippen LogP contribution in [0.25, 0.3) is 0 Å². The minimum Gasteiger partial charge on any atom is -0.496 e. The third-order valence-electron chi connectivity index (χ3n) is 7.34. The van der Waals surface area contributed by atoms with Crippen molar-refractivity contribution >= 4 is 40.4 Å². The fraction of sp³-hybridized carbons (Fsp3) is 0.355. The van der Waals surface area contributed by atoms with E-state index in [1.165, 1.54) is 12.3 Å². The molecule has 228 valence electrons. The van der Waals surface area contributed by atoms with Gasteiger partial charge in [0.1, 0.15) is 17.2 Å². The number of hydrogen-bond donors (Lipinski definition) is 4. The third kappa shape index (κ3) is 7.59. The molecule has 1 aromatic heterocycles. The summed E-state index contributed by atoms with van der Waals surface area (Å²) in [6.07, 6.45) is 4.55. The largest absolute Gasteiger partial charge is 0.496 e. The summed E-state index contributed by atoms with van der Waals surface area (Å²) in [6, 6.07) is 10.9. The van der Waals surface area contributed by atoms with Gasteiger partial charge < -0.3 is 41.0 Å². The molecule has 2 aromatic carbocycles. The Morgan fingerprint density at radius 1 is 1.12 bits per heavy atom. The van der Waals surface area contributed by atoms with Gasteiger partial charge in [-0.15, -0.1) is 0 Å². The van der Waals surface area contributed by atoms with E-state index in [1.807, 2.05) is 37.2 Å². The predicted molar refractivity (Wildman–Crippen MR) is 170 cm³/mol. The number of nitrogens with two attached hydrogens (primary N) is 1. The van der Waals surface area contributed by atoms with E-state index in [0.717, 1.165) is 43.9 Å². The molecule has 12 heteroatoms. The van der Waals surface area contributed by atoms with Crippen LogP contribution >= 0.6 is 0 Å². The first-order chi connectivity index (χ1) is 20.8. The number of aromatic nitrogens is 2. The molecule has 0 bridgehead atoms. The fourth-order valence-corrected chi connectivity index (χ4v) is 4.86. The molecule has 12 nitrogen and oxygen atoms in total. The van der Waals surface area contributed by atoms with Crippen LogP contribution in [0.1, 0.15) is 28.9 Å². The second-order valence-electron chi connectivity index (χ2n) is 10.2. The van der Waals surface area contributed by atoms with Gasteiger partial charge >= 0.3 is 0 Å². The van der Waals surface area contributed by atoms with Crippen LogP contribution in [-0.4, -0.2) is 82.2 Å². The lowest BCUT2D eigenvalue weighted by Crippen LogP contribution is -2.39. The first-order valence-electron chi connectivity index (χ1n) is 14.1. The summed E-state index contributed by atoms with van der Waals surface area (Å²) >= 11 is 0. The Morgan fingerprint density at radius 3 is 2.53 bits per heavy atom. The minimum absolute atomic E-state index is 0.182. The molecule has 2 heterocycles. The van der Waals surface area contributed by atoms with Crippen molar-refractivity contribution in [1.82, 2.24) is 15.3 Å². The number of nitrogens with zero attached hydrogens (tertiary/aromatic N) is 4. The fourth-order valence-electron chi connectivity index (χ4n) is 4.86. The van der Waals surface area contributed by atoms with Gasteiger partial charge in [-0.1, -0.05) is 6.58 Å². The Morgan fingerprint density at radius 2 is 1.86 bits per heavy atom. The summed E-state index contributed by atoms with van der Waals surface area (Å²) in [7, 11) is 6.89. The van der Waals surface area contributed by atoms with E-state index in [0.29, 0.717) is 35.0 Å². The summed E-state index contributed by atoms with van der Waals surface area (Å²) in [5.41, 5.74) is 9.42. The highest BCUT2D eigenvalue weighted by molar-refractivity contribution is 6.10. The van der Waals surface area contributed by atoms with Crippen molar-refractivity contribution in [3.63, 3.8) is 0 Å². The summed E-state index contributed by atoms with van der Waals surface area (Å²) in [4.78, 5) is 38.9. The van der Waals surface area contributed by atoms with Gasteiger partial charge in [-0.3, -0.25) is 9.59 Å². The number of anilines is 5. The average Bonchev–Trinajstić information content (AvgIpc) is 3.03. The van der Waals surface area contributed by atoms with Crippen LogP contribution in [0.2, 0.25) is 0 Å². The number of likely N-dealkylation sites (N-methyl/N-ethyl adjacent to an activating group) is 2. The lowest BCUT2D eigenvalue weighted by atomic mass is 10.0. The zero-order valence-corrected chi connectivity index (χ0v) is 25.1. The number of carbonyl (C=O) groups excluding carboxylic acids is 2. The maximum Gasteiger partial charge on any atom is 0.247 e. The lowest BCUT2D eigenvalue weighted by Gasteiger charge is -2.32. The highest BCUT2D eigenvalue weighted by Crippen LogP contribution is 2.38. The van der Waals surface area contributed by atoms with Gasteiger partial charge in [0.2, 0.25) is 17.6 Å². The van der Waals surface area contributed by atoms with E-state index in [9.17, 15) is 9.59 Å². The highest BCUT2D eigenvalue weighted by atomic mass is 16.5. The molecule has 5 N–H and O–H groups in total. The molecule has 1 amide bonds. The molecule has 0 atom stereocenters. The van der Waals surface area contributed by atoms with E-state index in [2.05, 4.69) is 37.4 Å². The van der Waals surface area contributed by atoms with Gasteiger partial charge in [-0.25, -0.2) is 9.97 Å². The average molecular weight is 589 g/mol. The Balaban J connectivity index is 1.61. The van der Waals surface area contributed by atoms with E-state index >= 15 is 0 Å². The van der Waals surface area contributed by atoms with Crippen LogP contribution < -0.4 is 41.0 Å². The van der Waals surface area contributed by atoms with Crippen LogP contribution in [0.15, 0.2) is 55.3 Å². The normalized spacial score (nSPS) is 13.3. The number of ether oxygens (including phenoxy) is 2. The van der Waals surface area contributed by atoms with Crippen LogP contribution in [-0.2, 0) is 4.79 Å². The Kier molecular flexibility index (Phi) is 10.5. The summed E-state index contributed by atoms with van der Waals surface area (Å²) in [5, 5.41) is 9.11. The molecule has 0 aliphatic carbocycles. The number of benzene rings is 2. The van der Waals surface area contributed by atoms with Crippen molar-refractivity contribution in [1.29, 1.82) is 0 Å². The van der Waals surface area contributed by atoms with Crippen molar-refractivity contribution in [3.05, 3.63) is 66.5 Å². The van der Waals surface area contributed by atoms with Gasteiger partial charge in [-0.2, -0.15) is 0 Å². The van der Waals surface area contributed by atoms with Crippen molar-refractivity contribution in [2.24, 2.45) is 5.73 Å². The summed E-state index contributed by atoms with van der Waals surface area (Å²) in [6.45, 7) is 6.69. The number of rotatable bonds is 13. The molecule has 0 unspecified atom stereocenters. The highest BCUT2D eigenvalue weighted by Gasteiger charge is 2.22. The molecule has 0 saturated carbocycles. The molecule has 1 aliphatic heterocycles. The Hall–Kier alpha value is -4.68. The molecule has 1 saturated heterocycles. The number of ketones is 1. The van der Waals surface area contributed by atoms with E-state index in [1.54, 1.807) is 32.4 Å². The van der Waals surface area contributed by atoms with Crippen molar-refractivity contribution in [3.8, 4) is 11.5 Å². The Bertz CT molecular complexity index is 1460. The molecule has 0 spiro atoms. The number of piperidine rings is 1. The number of hydrogen-bond acceptors (Lipinski definition) is 11. The number of carbonyl (C=O) groups is 2. The number of nitrogens with one attached hydrogen (secondary N) is 3. The zero-order valence-electron chi connectivity index (χ0n) is 25.1. The molecule has 1 fully saturated rings. The first-order valence-corrected chi connectivity index (χ1v) is 14.1. The number of amides is 1. The zero-order chi connectivity index (χ0) is 30.9. The molecule has 0 radical (unpaired) electrons. The standard InChI is InChI=1S/C31H40N8O4/c1-6-29(40)35-24-18-25(28(43-5)19-26(24)38(3)16-13-33-2)37-31-34-12-9-23(36-31)30(41)22-8-7-21(17-27(22)42-4)39-14-10-20(32)11-15-39/h6-9,12,17-20,33H,1,10-11,13-16,32H2,2-5H3,(H,35,40)(H,34,36,37). The maximum atomic E-state index is 13.6. The molecule has 3 aromatic rings. The topological polar surface area (TPSA) is 147 Å². The SMILES string of the molecule is C=CC(=O)Nc1cc(Nc2nccc(C(=O)c3ccc(N4CCC(N)CC4)cc3OC)n2)c(OC)cc1N(C)CCNC. The first kappa shape index (κ1) is 31.3. The monoisotopic (exact) mass is 588 g/mol. The van der Waals surface area contributed by atoms with Crippen molar-refractivity contribution in [2.75, 3.05) is 74.9 Å². The molecular formula is C31H40N8O4. The van der Waals surface area contributed by atoms with E-state index in [4.69, 9.17) is 15.2 Å². The van der Waals surface area contributed by atoms with Gasteiger partial charge in [0.05, 0.1) is 36.8 Å². The third-order valence-corrected chi connectivity index (χ3v) is 7.34. The maximum absolute atomic E-state index is 13.6. The second-order valence-corrected chi connectivity index (χ2v) is 10.2. The van der Waals surface area contributed by atoms with Crippen molar-refractivity contribution < 1.29 is 19.1 Å². The van der Waals surface area contributed by atoms with Gasteiger partial charge in [-0.05, 0) is 50.2 Å². The van der Waals surface area contributed by atoms with Crippen molar-refractivity contribution in [2.45, 2.75) is 18.9 Å². The summed E-state index contributed by atoms with van der Waals surface area (Å²) < 4.78 is 11.3. The van der Waals surface area contributed by atoms with E-state index < -0.39 is 0 Å². The van der Waals surface area contributed by atoms with Crippen LogP contribution in [0.4, 0.5) is 28.7 Å². The van der Waals surface area contributed by atoms with Gasteiger partial charge in [0.25, 0.3) is 0 Å². The molecule has 1 aliphatic rings. The predicted octanol–water partition coefficient (Wildman–Crippen LogP) is 3.18. The molecular weight excluding hydrogens is 548 g/mol. The van der Waals surface area contributed by atoms with Crippen LogP contribution in [0.5, 0.6) is 11.5 Å². The van der Waals surface area contributed by atoms with Gasteiger partial charge in [0, 0.05) is 63.3 Å². The van der Waals surface area contributed by atoms with Crippen LogP contribution in [0, 0.1) is 0 Å². The molecule has 43 heavy (non-hydrogen) atoms. The second kappa shape index (κ2) is 14.5. The number of methoxy groups -OCH3 is 2. The molecule has 4 rings (SSSR count). The summed E-state index contributed by atoms with van der Waals surface area (Å²) in [5.74, 6) is 0.488. The smallest absolute Gasteiger partial charge is 0.247 e. The van der Waals surface area contributed by atoms with E-state index in [-0.39, 0.29) is 29.4 Å². The van der Waals surface area contributed by atoms with Crippen LogP contribution in [0.3, 0.4) is 0 Å². The van der Waals surface area contributed by atoms with Gasteiger partial charge in [0.15, 0.2) is 0 Å². The lowest BCUT2D eigenvalue weighted by molar-refractivity contribution is -0.111. The Labute approximate surface area is 252 Å².